The zero-order valence-electron chi connectivity index (χ0n) is 13.0. The van der Waals surface area contributed by atoms with Gasteiger partial charge in [0.25, 0.3) is 0 Å². The Kier molecular flexibility index (Phi) is 5.93. The van der Waals surface area contributed by atoms with Gasteiger partial charge in [0.2, 0.25) is 5.91 Å². The first-order valence-corrected chi connectivity index (χ1v) is 7.31. The molecule has 1 rings (SSSR count). The van der Waals surface area contributed by atoms with E-state index in [1.165, 1.54) is 5.56 Å². The fraction of sp³-hybridized carbons (Fsp3) is 0.529. The number of benzene rings is 1. The number of aryl methyl sites for hydroxylation is 1. The molecule has 20 heavy (non-hydrogen) atoms. The Labute approximate surface area is 121 Å². The molecule has 0 radical (unpaired) electrons. The molecule has 1 N–H and O–H groups in total. The van der Waals surface area contributed by atoms with Crippen molar-refractivity contribution in [3.05, 3.63) is 35.4 Å². The monoisotopic (exact) mass is 275 g/mol. The van der Waals surface area contributed by atoms with Gasteiger partial charge in [-0.2, -0.15) is 0 Å². The summed E-state index contributed by atoms with van der Waals surface area (Å²) in [5, 5.41) is 2.94. The Morgan fingerprint density at radius 3 is 2.15 bits per heavy atom. The van der Waals surface area contributed by atoms with E-state index in [0.29, 0.717) is 5.56 Å². The number of nitrogens with one attached hydrogen (secondary N) is 1. The van der Waals surface area contributed by atoms with Crippen molar-refractivity contribution in [2.24, 2.45) is 0 Å². The molecule has 0 bridgehead atoms. The standard InChI is InChI=1S/C17H25NO2/c1-5-13-7-9-14(10-8-13)15(19)11-12-16(20)18-17(3,4)6-2/h7-10H,5-6,11-12H2,1-4H3,(H,18,20). The van der Waals surface area contributed by atoms with Crippen LogP contribution in [0.4, 0.5) is 0 Å². The number of carbonyl (C=O) groups excluding carboxylic acids is 2. The third kappa shape index (κ3) is 5.16. The van der Waals surface area contributed by atoms with E-state index in [1.54, 1.807) is 0 Å². The Morgan fingerprint density at radius 1 is 1.05 bits per heavy atom. The van der Waals surface area contributed by atoms with Crippen LogP contribution in [0.2, 0.25) is 0 Å². The zero-order chi connectivity index (χ0) is 15.2. The van der Waals surface area contributed by atoms with E-state index < -0.39 is 0 Å². The summed E-state index contributed by atoms with van der Waals surface area (Å²) in [7, 11) is 0. The first-order valence-electron chi connectivity index (χ1n) is 7.31. The fourth-order valence-corrected chi connectivity index (χ4v) is 1.83. The molecule has 0 aliphatic heterocycles. The molecule has 0 unspecified atom stereocenters. The quantitative estimate of drug-likeness (QED) is 0.774. The van der Waals surface area contributed by atoms with Crippen molar-refractivity contribution in [3.63, 3.8) is 0 Å². The Bertz CT molecular complexity index is 460. The van der Waals surface area contributed by atoms with Gasteiger partial charge in [-0.1, -0.05) is 38.1 Å². The number of rotatable bonds is 7. The van der Waals surface area contributed by atoms with E-state index in [2.05, 4.69) is 12.2 Å². The third-order valence-electron chi connectivity index (χ3n) is 3.62. The molecule has 0 atom stereocenters. The molecule has 0 aliphatic rings. The van der Waals surface area contributed by atoms with Crippen LogP contribution in [-0.4, -0.2) is 17.2 Å². The second-order valence-corrected chi connectivity index (χ2v) is 5.76. The van der Waals surface area contributed by atoms with Gasteiger partial charge in [-0.3, -0.25) is 9.59 Å². The maximum absolute atomic E-state index is 12.0. The lowest BCUT2D eigenvalue weighted by Gasteiger charge is -2.24. The number of hydrogen-bond acceptors (Lipinski definition) is 2. The summed E-state index contributed by atoms with van der Waals surface area (Å²) in [6.07, 6.45) is 2.34. The average molecular weight is 275 g/mol. The van der Waals surface area contributed by atoms with Gasteiger partial charge in [-0.05, 0) is 32.3 Å². The molecule has 0 spiro atoms. The Balaban J connectivity index is 2.48. The van der Waals surface area contributed by atoms with Crippen LogP contribution in [0.25, 0.3) is 0 Å². The summed E-state index contributed by atoms with van der Waals surface area (Å²) in [6.45, 7) is 8.07. The number of amides is 1. The lowest BCUT2D eigenvalue weighted by atomic mass is 10.0. The van der Waals surface area contributed by atoms with Crippen LogP contribution in [0.5, 0.6) is 0 Å². The van der Waals surface area contributed by atoms with Crippen LogP contribution in [-0.2, 0) is 11.2 Å². The summed E-state index contributed by atoms with van der Waals surface area (Å²) >= 11 is 0. The van der Waals surface area contributed by atoms with Crippen molar-refractivity contribution in [1.29, 1.82) is 0 Å². The minimum Gasteiger partial charge on any atom is -0.351 e. The molecule has 110 valence electrons. The highest BCUT2D eigenvalue weighted by Crippen LogP contribution is 2.11. The molecule has 1 aromatic carbocycles. The minimum absolute atomic E-state index is 0.0251. The van der Waals surface area contributed by atoms with Crippen LogP contribution in [0.15, 0.2) is 24.3 Å². The summed E-state index contributed by atoms with van der Waals surface area (Å²) in [4.78, 5) is 23.8. The Hall–Kier alpha value is -1.64. The maximum atomic E-state index is 12.0. The first-order chi connectivity index (χ1) is 9.38. The highest BCUT2D eigenvalue weighted by atomic mass is 16.2. The molecule has 0 aromatic heterocycles. The van der Waals surface area contributed by atoms with E-state index >= 15 is 0 Å². The highest BCUT2D eigenvalue weighted by Gasteiger charge is 2.18. The predicted molar refractivity (Wildman–Crippen MR) is 81.9 cm³/mol. The van der Waals surface area contributed by atoms with Gasteiger partial charge < -0.3 is 5.32 Å². The van der Waals surface area contributed by atoms with Crippen molar-refractivity contribution >= 4 is 11.7 Å². The van der Waals surface area contributed by atoms with E-state index in [-0.39, 0.29) is 30.1 Å². The number of ketones is 1. The van der Waals surface area contributed by atoms with Gasteiger partial charge in [-0.25, -0.2) is 0 Å². The summed E-state index contributed by atoms with van der Waals surface area (Å²) in [5.41, 5.74) is 1.69. The largest absolute Gasteiger partial charge is 0.351 e. The molecule has 3 heteroatoms. The van der Waals surface area contributed by atoms with Gasteiger partial charge in [0, 0.05) is 23.9 Å². The number of hydrogen-bond donors (Lipinski definition) is 1. The molecule has 0 heterocycles. The molecule has 3 nitrogen and oxygen atoms in total. The second-order valence-electron chi connectivity index (χ2n) is 5.76. The van der Waals surface area contributed by atoms with Crippen molar-refractivity contribution in [2.75, 3.05) is 0 Å². The highest BCUT2D eigenvalue weighted by molar-refractivity contribution is 5.98. The predicted octanol–water partition coefficient (Wildman–Crippen LogP) is 3.52. The van der Waals surface area contributed by atoms with Crippen molar-refractivity contribution in [3.8, 4) is 0 Å². The molecule has 1 amide bonds. The van der Waals surface area contributed by atoms with E-state index in [1.807, 2.05) is 45.0 Å². The van der Waals surface area contributed by atoms with Crippen LogP contribution in [0, 0.1) is 0 Å². The number of carbonyl (C=O) groups is 2. The van der Waals surface area contributed by atoms with Gasteiger partial charge in [0.1, 0.15) is 0 Å². The normalized spacial score (nSPS) is 11.2. The minimum atomic E-state index is -0.205. The van der Waals surface area contributed by atoms with E-state index in [4.69, 9.17) is 0 Å². The van der Waals surface area contributed by atoms with E-state index in [9.17, 15) is 9.59 Å². The average Bonchev–Trinajstić information content (AvgIpc) is 2.44. The molecule has 0 aliphatic carbocycles. The first kappa shape index (κ1) is 16.4. The fourth-order valence-electron chi connectivity index (χ4n) is 1.83. The zero-order valence-corrected chi connectivity index (χ0v) is 13.0. The van der Waals surface area contributed by atoms with Gasteiger partial charge in [0.15, 0.2) is 5.78 Å². The molecular weight excluding hydrogens is 250 g/mol. The van der Waals surface area contributed by atoms with Gasteiger partial charge in [0.05, 0.1) is 0 Å². The second kappa shape index (κ2) is 7.22. The summed E-state index contributed by atoms with van der Waals surface area (Å²) < 4.78 is 0. The van der Waals surface area contributed by atoms with Crippen LogP contribution in [0.1, 0.15) is 62.9 Å². The lowest BCUT2D eigenvalue weighted by molar-refractivity contribution is -0.122. The summed E-state index contributed by atoms with van der Waals surface area (Å²) in [6, 6.07) is 7.62. The van der Waals surface area contributed by atoms with Crippen LogP contribution >= 0.6 is 0 Å². The van der Waals surface area contributed by atoms with Crippen LogP contribution < -0.4 is 5.32 Å². The lowest BCUT2D eigenvalue weighted by Crippen LogP contribution is -2.42. The maximum Gasteiger partial charge on any atom is 0.220 e. The van der Waals surface area contributed by atoms with Gasteiger partial charge >= 0.3 is 0 Å². The summed E-state index contributed by atoms with van der Waals surface area (Å²) in [5.74, 6) is -0.0347. The molecule has 1 aromatic rings. The van der Waals surface area contributed by atoms with Crippen molar-refractivity contribution in [1.82, 2.24) is 5.32 Å². The van der Waals surface area contributed by atoms with Crippen molar-refractivity contribution < 1.29 is 9.59 Å². The third-order valence-corrected chi connectivity index (χ3v) is 3.62. The van der Waals surface area contributed by atoms with E-state index in [0.717, 1.165) is 12.8 Å². The van der Waals surface area contributed by atoms with Gasteiger partial charge in [-0.15, -0.1) is 0 Å². The molecule has 0 fully saturated rings. The smallest absolute Gasteiger partial charge is 0.220 e. The SMILES string of the molecule is CCc1ccc(C(=O)CCC(=O)NC(C)(C)CC)cc1. The molecule has 0 saturated heterocycles. The number of Topliss-reactive ketones (excluding diaryl/α,β-unsaturated/α-hetero) is 1. The molecule has 0 saturated carbocycles. The Morgan fingerprint density at radius 2 is 1.65 bits per heavy atom. The van der Waals surface area contributed by atoms with Crippen LogP contribution in [0.3, 0.4) is 0 Å². The topological polar surface area (TPSA) is 46.2 Å². The van der Waals surface area contributed by atoms with Crippen molar-refractivity contribution in [2.45, 2.75) is 58.9 Å². The molecular formula is C17H25NO2.